The average Bonchev–Trinajstić information content (AvgIpc) is 3.15. The summed E-state index contributed by atoms with van der Waals surface area (Å²) in [6.07, 6.45) is 0. The van der Waals surface area contributed by atoms with E-state index >= 15 is 0 Å². The lowest BCUT2D eigenvalue weighted by Crippen LogP contribution is -2.12. The molecule has 0 spiro atoms. The molecule has 0 aliphatic carbocycles. The van der Waals surface area contributed by atoms with E-state index in [2.05, 4.69) is 151 Å². The Balaban J connectivity index is 1.72. The van der Waals surface area contributed by atoms with Crippen LogP contribution in [-0.4, -0.2) is 4.98 Å². The Kier molecular flexibility index (Phi) is 6.01. The molecule has 35 heavy (non-hydrogen) atoms. The van der Waals surface area contributed by atoms with Gasteiger partial charge >= 0.3 is 0 Å². The summed E-state index contributed by atoms with van der Waals surface area (Å²) in [7, 11) is 0. The fourth-order valence-corrected chi connectivity index (χ4v) is 5.73. The van der Waals surface area contributed by atoms with Crippen LogP contribution >= 0.6 is 31.9 Å². The second-order valence-corrected chi connectivity index (χ2v) is 13.4. The lowest BCUT2D eigenvalue weighted by Gasteiger charge is -2.24. The van der Waals surface area contributed by atoms with E-state index < -0.39 is 0 Å². The molecule has 178 valence electrons. The van der Waals surface area contributed by atoms with Gasteiger partial charge in [0.05, 0.1) is 0 Å². The number of H-pyrrole nitrogens is 1. The highest BCUT2D eigenvalue weighted by atomic mass is 79.9. The van der Waals surface area contributed by atoms with Crippen LogP contribution in [0.15, 0.2) is 81.7 Å². The zero-order valence-corrected chi connectivity index (χ0v) is 24.4. The molecular weight excluding hydrogens is 558 g/mol. The van der Waals surface area contributed by atoms with Crippen molar-refractivity contribution in [3.8, 4) is 22.3 Å². The smallest absolute Gasteiger partial charge is 0.0465 e. The number of aromatic amines is 1. The molecule has 0 saturated carbocycles. The second kappa shape index (κ2) is 8.64. The number of hydrogen-bond acceptors (Lipinski definition) is 0. The minimum atomic E-state index is 0.0480. The molecule has 0 bridgehead atoms. The van der Waals surface area contributed by atoms with Gasteiger partial charge in [0.1, 0.15) is 0 Å². The maximum atomic E-state index is 3.67. The van der Waals surface area contributed by atoms with Gasteiger partial charge in [-0.3, -0.25) is 0 Å². The molecule has 0 aliphatic heterocycles. The molecule has 0 radical (unpaired) electrons. The summed E-state index contributed by atoms with van der Waals surface area (Å²) in [4.78, 5) is 3.63. The van der Waals surface area contributed by atoms with E-state index in [-0.39, 0.29) is 10.8 Å². The molecular formula is C32H31Br2N. The summed E-state index contributed by atoms with van der Waals surface area (Å²) in [5.41, 5.74) is 10.2. The topological polar surface area (TPSA) is 15.8 Å². The monoisotopic (exact) mass is 587 g/mol. The molecule has 5 aromatic rings. The van der Waals surface area contributed by atoms with Crippen molar-refractivity contribution in [1.29, 1.82) is 0 Å². The van der Waals surface area contributed by atoms with Crippen LogP contribution in [0.5, 0.6) is 0 Å². The van der Waals surface area contributed by atoms with E-state index in [1.807, 2.05) is 0 Å². The summed E-state index contributed by atoms with van der Waals surface area (Å²) >= 11 is 7.35. The van der Waals surface area contributed by atoms with Crippen LogP contribution in [0.4, 0.5) is 0 Å². The maximum absolute atomic E-state index is 3.67. The Bertz CT molecular complexity index is 1460. The van der Waals surface area contributed by atoms with Crippen LogP contribution in [0.25, 0.3) is 44.1 Å². The van der Waals surface area contributed by atoms with Crippen LogP contribution in [-0.2, 0) is 10.8 Å². The quantitative estimate of drug-likeness (QED) is 0.211. The fraction of sp³-hybridized carbons (Fsp3) is 0.250. The first-order valence-electron chi connectivity index (χ1n) is 12.1. The van der Waals surface area contributed by atoms with Crippen molar-refractivity contribution in [3.63, 3.8) is 0 Å². The lowest BCUT2D eigenvalue weighted by atomic mass is 9.81. The Morgan fingerprint density at radius 1 is 0.514 bits per heavy atom. The van der Waals surface area contributed by atoms with Gasteiger partial charge in [0, 0.05) is 30.8 Å². The van der Waals surface area contributed by atoms with Crippen molar-refractivity contribution < 1.29 is 0 Å². The van der Waals surface area contributed by atoms with Gasteiger partial charge in [0.2, 0.25) is 0 Å². The first-order chi connectivity index (χ1) is 16.4. The van der Waals surface area contributed by atoms with Crippen molar-refractivity contribution >= 4 is 53.7 Å². The Labute approximate surface area is 225 Å². The minimum absolute atomic E-state index is 0.0480. The molecule has 0 atom stereocenters. The van der Waals surface area contributed by atoms with Crippen molar-refractivity contribution in [2.75, 3.05) is 0 Å². The van der Waals surface area contributed by atoms with Crippen molar-refractivity contribution in [1.82, 2.24) is 4.98 Å². The molecule has 0 saturated heterocycles. The van der Waals surface area contributed by atoms with Crippen LogP contribution in [0, 0.1) is 0 Å². The highest BCUT2D eigenvalue weighted by Crippen LogP contribution is 2.40. The fourth-order valence-electron chi connectivity index (χ4n) is 5.01. The van der Waals surface area contributed by atoms with E-state index in [0.717, 1.165) is 8.95 Å². The molecule has 1 heterocycles. The normalized spacial score (nSPS) is 12.6. The van der Waals surface area contributed by atoms with E-state index in [4.69, 9.17) is 0 Å². The summed E-state index contributed by atoms with van der Waals surface area (Å²) in [6, 6.07) is 26.9. The van der Waals surface area contributed by atoms with Crippen molar-refractivity contribution in [2.45, 2.75) is 52.4 Å². The van der Waals surface area contributed by atoms with Crippen LogP contribution in [0.1, 0.15) is 52.7 Å². The summed E-state index contributed by atoms with van der Waals surface area (Å²) in [5.74, 6) is 0. The highest BCUT2D eigenvalue weighted by molar-refractivity contribution is 9.10. The van der Waals surface area contributed by atoms with Crippen molar-refractivity contribution in [2.24, 2.45) is 0 Å². The van der Waals surface area contributed by atoms with Crippen LogP contribution < -0.4 is 0 Å². The first-order valence-corrected chi connectivity index (χ1v) is 13.7. The molecule has 5 rings (SSSR count). The number of benzene rings is 4. The minimum Gasteiger partial charge on any atom is -0.355 e. The van der Waals surface area contributed by atoms with Gasteiger partial charge < -0.3 is 4.98 Å². The van der Waals surface area contributed by atoms with Crippen molar-refractivity contribution in [3.05, 3.63) is 92.9 Å². The van der Waals surface area contributed by atoms with Gasteiger partial charge in [-0.25, -0.2) is 0 Å². The van der Waals surface area contributed by atoms with E-state index in [0.29, 0.717) is 0 Å². The third kappa shape index (κ3) is 4.61. The number of halogens is 2. The third-order valence-corrected chi connectivity index (χ3v) is 7.79. The number of fused-ring (bicyclic) bond motifs is 3. The molecule has 0 amide bonds. The second-order valence-electron chi connectivity index (χ2n) is 11.5. The number of rotatable bonds is 2. The Morgan fingerprint density at radius 2 is 0.914 bits per heavy atom. The van der Waals surface area contributed by atoms with Gasteiger partial charge in [0.15, 0.2) is 0 Å². The predicted molar refractivity (Wildman–Crippen MR) is 159 cm³/mol. The molecule has 1 nitrogen and oxygen atoms in total. The Morgan fingerprint density at radius 3 is 1.29 bits per heavy atom. The standard InChI is InChI=1S/C32H31Br2N/c1-31(2,3)27-17-21(33)9-11-23(27)19-7-13-29-25(15-19)26-16-20(8-14-30(26)35-29)24-12-10-22(34)18-28(24)32(4,5)6/h7-18,35H,1-6H3. The SMILES string of the molecule is CC(C)(C)c1cc(Br)ccc1-c1ccc2[nH]c3ccc(-c4ccc(Br)cc4C(C)(C)C)cc3c2c1. The molecule has 1 aromatic heterocycles. The summed E-state index contributed by atoms with van der Waals surface area (Å²) in [5, 5.41) is 2.52. The molecule has 4 aromatic carbocycles. The Hall–Kier alpha value is -2.36. The van der Waals surface area contributed by atoms with Gasteiger partial charge in [0.25, 0.3) is 0 Å². The molecule has 0 aliphatic rings. The maximum Gasteiger partial charge on any atom is 0.0465 e. The molecule has 0 fully saturated rings. The van der Waals surface area contributed by atoms with Crippen LogP contribution in [0.3, 0.4) is 0 Å². The highest BCUT2D eigenvalue weighted by Gasteiger charge is 2.21. The zero-order valence-electron chi connectivity index (χ0n) is 21.2. The number of aromatic nitrogens is 1. The van der Waals surface area contributed by atoms with Gasteiger partial charge in [-0.15, -0.1) is 0 Å². The summed E-state index contributed by atoms with van der Waals surface area (Å²) in [6.45, 7) is 13.7. The van der Waals surface area contributed by atoms with Gasteiger partial charge in [-0.1, -0.05) is 97.7 Å². The van der Waals surface area contributed by atoms with E-state index in [1.165, 1.54) is 55.2 Å². The number of hydrogen-bond donors (Lipinski definition) is 1. The zero-order chi connectivity index (χ0) is 25.1. The van der Waals surface area contributed by atoms with E-state index in [9.17, 15) is 0 Å². The predicted octanol–water partition coefficient (Wildman–Crippen LogP) is 10.8. The first kappa shape index (κ1) is 24.3. The van der Waals surface area contributed by atoms with Crippen LogP contribution in [0.2, 0.25) is 0 Å². The molecule has 1 N–H and O–H groups in total. The van der Waals surface area contributed by atoms with Gasteiger partial charge in [-0.05, 0) is 92.7 Å². The molecule has 3 heteroatoms. The summed E-state index contributed by atoms with van der Waals surface area (Å²) < 4.78 is 2.24. The lowest BCUT2D eigenvalue weighted by molar-refractivity contribution is 0.591. The number of nitrogens with one attached hydrogen (secondary N) is 1. The van der Waals surface area contributed by atoms with E-state index in [1.54, 1.807) is 0 Å². The average molecular weight is 589 g/mol. The molecule has 0 unspecified atom stereocenters. The third-order valence-electron chi connectivity index (χ3n) is 6.80. The largest absolute Gasteiger partial charge is 0.355 e. The van der Waals surface area contributed by atoms with Gasteiger partial charge in [-0.2, -0.15) is 0 Å².